The molecule has 0 bridgehead atoms. The molecule has 0 saturated heterocycles. The third-order valence-electron chi connectivity index (χ3n) is 3.93. The highest BCUT2D eigenvalue weighted by Crippen LogP contribution is 2.31. The predicted molar refractivity (Wildman–Crippen MR) is 87.3 cm³/mol. The largest absolute Gasteiger partial charge is 0.449 e. The minimum absolute atomic E-state index is 0.278. The number of aromatic nitrogens is 1. The van der Waals surface area contributed by atoms with Crippen LogP contribution in [0.25, 0.3) is 11.3 Å². The van der Waals surface area contributed by atoms with E-state index in [0.717, 1.165) is 35.4 Å². The summed E-state index contributed by atoms with van der Waals surface area (Å²) in [5.74, 6) is 0.760. The fourth-order valence-corrected chi connectivity index (χ4v) is 2.74. The number of hydrogen-bond donors (Lipinski definition) is 0. The Morgan fingerprint density at radius 2 is 2.17 bits per heavy atom. The Morgan fingerprint density at radius 3 is 2.91 bits per heavy atom. The number of fused-ring (bicyclic) bond motifs is 1. The first-order chi connectivity index (χ1) is 11.2. The summed E-state index contributed by atoms with van der Waals surface area (Å²) in [7, 11) is 0. The first-order valence-corrected chi connectivity index (χ1v) is 8.22. The van der Waals surface area contributed by atoms with E-state index in [1.54, 1.807) is 4.90 Å². The van der Waals surface area contributed by atoms with Crippen molar-refractivity contribution in [3.05, 3.63) is 40.5 Å². The number of benzene rings is 1. The molecule has 6 heteroatoms. The molecule has 0 fully saturated rings. The lowest BCUT2D eigenvalue weighted by Crippen LogP contribution is -2.36. The van der Waals surface area contributed by atoms with Gasteiger partial charge in [0.05, 0.1) is 13.2 Å². The Kier molecular flexibility index (Phi) is 4.86. The van der Waals surface area contributed by atoms with Gasteiger partial charge in [0.25, 0.3) is 0 Å². The lowest BCUT2D eigenvalue weighted by Gasteiger charge is -2.25. The average molecular weight is 335 g/mol. The molecule has 3 rings (SSSR count). The van der Waals surface area contributed by atoms with E-state index in [1.165, 1.54) is 0 Å². The molecule has 1 aromatic heterocycles. The molecular weight excluding hydrogens is 316 g/mol. The number of halogens is 1. The van der Waals surface area contributed by atoms with Crippen molar-refractivity contribution in [2.45, 2.75) is 32.7 Å². The fourth-order valence-electron chi connectivity index (χ4n) is 2.61. The highest BCUT2D eigenvalue weighted by molar-refractivity contribution is 6.30. The molecule has 23 heavy (non-hydrogen) atoms. The number of nitrogens with zero attached hydrogens (tertiary/aromatic N) is 2. The van der Waals surface area contributed by atoms with Crippen LogP contribution in [0.1, 0.15) is 31.0 Å². The van der Waals surface area contributed by atoms with Crippen molar-refractivity contribution >= 4 is 17.7 Å². The second-order valence-corrected chi connectivity index (χ2v) is 6.02. The average Bonchev–Trinajstić information content (AvgIpc) is 2.99. The maximum Gasteiger partial charge on any atom is 0.410 e. The van der Waals surface area contributed by atoms with Gasteiger partial charge in [-0.05, 0) is 37.1 Å². The molecule has 0 spiro atoms. The molecule has 5 nitrogen and oxygen atoms in total. The molecule has 122 valence electrons. The van der Waals surface area contributed by atoms with Gasteiger partial charge in [-0.15, -0.1) is 0 Å². The van der Waals surface area contributed by atoms with E-state index in [2.05, 4.69) is 12.1 Å². The minimum atomic E-state index is -0.278. The zero-order valence-electron chi connectivity index (χ0n) is 13.0. The second kappa shape index (κ2) is 7.04. The van der Waals surface area contributed by atoms with Crippen LogP contribution in [0.15, 0.2) is 28.8 Å². The zero-order chi connectivity index (χ0) is 16.2. The van der Waals surface area contributed by atoms with E-state index >= 15 is 0 Å². The van der Waals surface area contributed by atoms with E-state index in [4.69, 9.17) is 20.9 Å². The number of hydrogen-bond acceptors (Lipinski definition) is 4. The molecule has 0 N–H and O–H groups in total. The normalized spacial score (nSPS) is 13.7. The quantitative estimate of drug-likeness (QED) is 0.783. The van der Waals surface area contributed by atoms with Gasteiger partial charge in [-0.25, -0.2) is 4.79 Å². The summed E-state index contributed by atoms with van der Waals surface area (Å²) in [4.78, 5) is 13.7. The molecule has 2 aromatic rings. The fraction of sp³-hybridized carbons (Fsp3) is 0.412. The van der Waals surface area contributed by atoms with Crippen molar-refractivity contribution in [3.8, 4) is 11.3 Å². The third-order valence-corrected chi connectivity index (χ3v) is 4.18. The van der Waals surface area contributed by atoms with Crippen LogP contribution in [0.4, 0.5) is 4.79 Å². The van der Waals surface area contributed by atoms with Crippen molar-refractivity contribution in [3.63, 3.8) is 0 Å². The number of rotatable bonds is 4. The zero-order valence-corrected chi connectivity index (χ0v) is 13.8. The summed E-state index contributed by atoms with van der Waals surface area (Å²) in [6, 6.07) is 7.47. The molecule has 0 atom stereocenters. The maximum atomic E-state index is 12.0. The Labute approximate surface area is 140 Å². The van der Waals surface area contributed by atoms with E-state index in [0.29, 0.717) is 31.1 Å². The summed E-state index contributed by atoms with van der Waals surface area (Å²) in [5.41, 5.74) is 2.81. The van der Waals surface area contributed by atoms with Crippen LogP contribution in [-0.4, -0.2) is 29.3 Å². The number of carbonyl (C=O) groups excluding carboxylic acids is 1. The maximum absolute atomic E-state index is 12.0. The van der Waals surface area contributed by atoms with Crippen molar-refractivity contribution in [1.29, 1.82) is 0 Å². The Balaban J connectivity index is 1.71. The summed E-state index contributed by atoms with van der Waals surface area (Å²) in [5, 5.41) is 4.81. The lowest BCUT2D eigenvalue weighted by molar-refractivity contribution is 0.0959. The second-order valence-electron chi connectivity index (χ2n) is 5.58. The molecule has 1 aliphatic rings. The van der Waals surface area contributed by atoms with Gasteiger partial charge in [-0.2, -0.15) is 0 Å². The SMILES string of the molecule is CCCCOC(=O)N1CCc2c(noc2-c2ccc(Cl)cc2)C1. The number of amides is 1. The number of unbranched alkanes of at least 4 members (excludes halogenated alkanes) is 1. The topological polar surface area (TPSA) is 55.6 Å². The van der Waals surface area contributed by atoms with E-state index in [9.17, 15) is 4.79 Å². The van der Waals surface area contributed by atoms with Gasteiger partial charge in [-0.1, -0.05) is 30.1 Å². The van der Waals surface area contributed by atoms with E-state index < -0.39 is 0 Å². The summed E-state index contributed by atoms with van der Waals surface area (Å²) < 4.78 is 10.8. The van der Waals surface area contributed by atoms with Crippen LogP contribution in [-0.2, 0) is 17.7 Å². The Hall–Kier alpha value is -2.01. The third kappa shape index (κ3) is 3.50. The van der Waals surface area contributed by atoms with Crippen LogP contribution in [0.3, 0.4) is 0 Å². The highest BCUT2D eigenvalue weighted by Gasteiger charge is 2.27. The molecule has 0 saturated carbocycles. The van der Waals surface area contributed by atoms with E-state index in [-0.39, 0.29) is 6.09 Å². The van der Waals surface area contributed by atoms with Gasteiger partial charge in [0, 0.05) is 22.7 Å². The van der Waals surface area contributed by atoms with Crippen LogP contribution in [0.5, 0.6) is 0 Å². The lowest BCUT2D eigenvalue weighted by atomic mass is 10.0. The highest BCUT2D eigenvalue weighted by atomic mass is 35.5. The van der Waals surface area contributed by atoms with Gasteiger partial charge in [-0.3, -0.25) is 0 Å². The molecule has 0 unspecified atom stereocenters. The van der Waals surface area contributed by atoms with Crippen LogP contribution in [0, 0.1) is 0 Å². The van der Waals surface area contributed by atoms with Crippen molar-refractivity contribution in [1.82, 2.24) is 10.1 Å². The van der Waals surface area contributed by atoms with Crippen molar-refractivity contribution in [2.24, 2.45) is 0 Å². The smallest absolute Gasteiger partial charge is 0.410 e. The molecular formula is C17H19ClN2O3. The van der Waals surface area contributed by atoms with Crippen molar-refractivity contribution in [2.75, 3.05) is 13.2 Å². The standard InChI is InChI=1S/C17H19ClN2O3/c1-2-3-10-22-17(21)20-9-8-14-15(11-20)19-23-16(14)12-4-6-13(18)7-5-12/h4-7H,2-3,8-11H2,1H3. The first-order valence-electron chi connectivity index (χ1n) is 7.84. The van der Waals surface area contributed by atoms with E-state index in [1.807, 2.05) is 24.3 Å². The van der Waals surface area contributed by atoms with Gasteiger partial charge in [0.1, 0.15) is 5.69 Å². The number of carbonyl (C=O) groups is 1. The van der Waals surface area contributed by atoms with Crippen LogP contribution >= 0.6 is 11.6 Å². The Morgan fingerprint density at radius 1 is 1.39 bits per heavy atom. The molecule has 1 amide bonds. The molecule has 1 aliphatic heterocycles. The van der Waals surface area contributed by atoms with Gasteiger partial charge >= 0.3 is 6.09 Å². The summed E-state index contributed by atoms with van der Waals surface area (Å²) >= 11 is 5.92. The van der Waals surface area contributed by atoms with Crippen LogP contribution < -0.4 is 0 Å². The van der Waals surface area contributed by atoms with Crippen molar-refractivity contribution < 1.29 is 14.1 Å². The molecule has 0 aliphatic carbocycles. The first kappa shape index (κ1) is 15.9. The van der Waals surface area contributed by atoms with Crippen LogP contribution in [0.2, 0.25) is 5.02 Å². The monoisotopic (exact) mass is 334 g/mol. The summed E-state index contributed by atoms with van der Waals surface area (Å²) in [6.07, 6.45) is 2.32. The van der Waals surface area contributed by atoms with Gasteiger partial charge in [0.2, 0.25) is 0 Å². The summed E-state index contributed by atoms with van der Waals surface area (Å²) in [6.45, 7) is 3.57. The van der Waals surface area contributed by atoms with Gasteiger partial charge < -0.3 is 14.2 Å². The van der Waals surface area contributed by atoms with Gasteiger partial charge in [0.15, 0.2) is 5.76 Å². The predicted octanol–water partition coefficient (Wildman–Crippen LogP) is 4.29. The Bertz CT molecular complexity index is 682. The molecule has 1 aromatic carbocycles. The number of ether oxygens (including phenoxy) is 1. The molecule has 2 heterocycles. The molecule has 0 radical (unpaired) electrons. The minimum Gasteiger partial charge on any atom is -0.449 e.